The minimum Gasteiger partial charge on any atom is -0.496 e. The Balaban J connectivity index is 2.12. The van der Waals surface area contributed by atoms with Crippen molar-refractivity contribution >= 4 is 15.8 Å². The number of pyridine rings is 1. The van der Waals surface area contributed by atoms with E-state index >= 15 is 0 Å². The first-order chi connectivity index (χ1) is 13.7. The summed E-state index contributed by atoms with van der Waals surface area (Å²) >= 11 is 0. The zero-order valence-electron chi connectivity index (χ0n) is 16.0. The third-order valence-electron chi connectivity index (χ3n) is 4.29. The van der Waals surface area contributed by atoms with E-state index in [0.717, 1.165) is 6.26 Å². The molecule has 152 valence electrons. The van der Waals surface area contributed by atoms with Gasteiger partial charge >= 0.3 is 5.97 Å². The Morgan fingerprint density at radius 3 is 2.59 bits per heavy atom. The van der Waals surface area contributed by atoms with Gasteiger partial charge in [-0.3, -0.25) is 9.78 Å². The van der Waals surface area contributed by atoms with Crippen LogP contribution in [0.15, 0.2) is 46.0 Å². The number of benzene rings is 1. The van der Waals surface area contributed by atoms with E-state index in [9.17, 15) is 18.3 Å². The van der Waals surface area contributed by atoms with Crippen LogP contribution in [0.1, 0.15) is 29.7 Å². The number of hydrogen-bond acceptors (Lipinski definition) is 8. The van der Waals surface area contributed by atoms with Crippen LogP contribution in [-0.4, -0.2) is 48.0 Å². The molecule has 2 heterocycles. The quantitative estimate of drug-likeness (QED) is 0.615. The normalized spacial score (nSPS) is 12.5. The van der Waals surface area contributed by atoms with Crippen molar-refractivity contribution in [1.82, 2.24) is 15.2 Å². The number of aryl methyl sites for hydroxylation is 1. The van der Waals surface area contributed by atoms with Crippen LogP contribution < -0.4 is 4.74 Å². The van der Waals surface area contributed by atoms with Crippen molar-refractivity contribution in [1.29, 1.82) is 0 Å². The van der Waals surface area contributed by atoms with Crippen molar-refractivity contribution in [2.45, 2.75) is 24.2 Å². The average molecular weight is 417 g/mol. The minimum absolute atomic E-state index is 0.133. The van der Waals surface area contributed by atoms with Crippen molar-refractivity contribution in [3.63, 3.8) is 0 Å². The molecule has 0 spiro atoms. The van der Waals surface area contributed by atoms with Crippen molar-refractivity contribution < 1.29 is 27.5 Å². The Kier molecular flexibility index (Phi) is 5.64. The lowest BCUT2D eigenvalue weighted by atomic mass is 9.94. The number of aromatic nitrogens is 3. The van der Waals surface area contributed by atoms with E-state index in [1.54, 1.807) is 25.3 Å². The molecule has 0 radical (unpaired) electrons. The van der Waals surface area contributed by atoms with E-state index in [2.05, 4.69) is 15.2 Å². The van der Waals surface area contributed by atoms with E-state index in [-0.39, 0.29) is 17.2 Å². The lowest BCUT2D eigenvalue weighted by Gasteiger charge is -2.14. The number of nitrogens with zero attached hydrogens (tertiary/aromatic N) is 3. The summed E-state index contributed by atoms with van der Waals surface area (Å²) in [5.41, 5.74) is 1.62. The molecule has 29 heavy (non-hydrogen) atoms. The zero-order valence-corrected chi connectivity index (χ0v) is 16.8. The molecule has 3 rings (SSSR count). The molecule has 3 aromatic rings. The molecule has 0 bridgehead atoms. The molecule has 1 N–H and O–H groups in total. The number of hydrogen-bond donors (Lipinski definition) is 1. The summed E-state index contributed by atoms with van der Waals surface area (Å²) in [4.78, 5) is 15.7. The van der Waals surface area contributed by atoms with Gasteiger partial charge in [-0.25, -0.2) is 8.42 Å². The van der Waals surface area contributed by atoms with Gasteiger partial charge in [0, 0.05) is 36.7 Å². The van der Waals surface area contributed by atoms with Gasteiger partial charge in [-0.2, -0.15) is 0 Å². The van der Waals surface area contributed by atoms with Gasteiger partial charge < -0.3 is 14.3 Å². The number of sulfone groups is 1. The number of carboxylic acids is 1. The van der Waals surface area contributed by atoms with Crippen LogP contribution in [-0.2, 0) is 14.6 Å². The van der Waals surface area contributed by atoms with Crippen LogP contribution >= 0.6 is 0 Å². The fourth-order valence-electron chi connectivity index (χ4n) is 2.91. The van der Waals surface area contributed by atoms with Gasteiger partial charge in [0.05, 0.1) is 24.3 Å². The van der Waals surface area contributed by atoms with Crippen molar-refractivity contribution in [3.8, 4) is 16.9 Å². The third kappa shape index (κ3) is 4.60. The molecule has 9 nitrogen and oxygen atoms in total. The average Bonchev–Trinajstić information content (AvgIpc) is 3.11. The molecule has 0 fully saturated rings. The Morgan fingerprint density at radius 1 is 1.24 bits per heavy atom. The number of ether oxygens (including phenoxy) is 1. The maximum Gasteiger partial charge on any atom is 0.304 e. The smallest absolute Gasteiger partial charge is 0.304 e. The van der Waals surface area contributed by atoms with E-state index in [0.29, 0.717) is 28.3 Å². The number of carboxylic acid groups (broad SMARTS) is 1. The zero-order chi connectivity index (χ0) is 21.2. The first-order valence-electron chi connectivity index (χ1n) is 8.54. The second-order valence-electron chi connectivity index (χ2n) is 6.45. The van der Waals surface area contributed by atoms with Gasteiger partial charge in [-0.15, -0.1) is 10.2 Å². The summed E-state index contributed by atoms with van der Waals surface area (Å²) < 4.78 is 34.7. The molecule has 0 amide bonds. The number of carbonyl (C=O) groups is 1. The largest absolute Gasteiger partial charge is 0.496 e. The van der Waals surface area contributed by atoms with Gasteiger partial charge in [-0.1, -0.05) is 0 Å². The lowest BCUT2D eigenvalue weighted by Crippen LogP contribution is -2.09. The molecular weight excluding hydrogens is 398 g/mol. The molecule has 0 aliphatic carbocycles. The van der Waals surface area contributed by atoms with Gasteiger partial charge in [0.2, 0.25) is 11.8 Å². The summed E-state index contributed by atoms with van der Waals surface area (Å²) in [7, 11) is -1.95. The molecular formula is C19H19N3O6S. The molecule has 0 saturated carbocycles. The van der Waals surface area contributed by atoms with Crippen LogP contribution in [0.5, 0.6) is 5.75 Å². The second-order valence-corrected chi connectivity index (χ2v) is 8.47. The fourth-order valence-corrected chi connectivity index (χ4v) is 3.56. The van der Waals surface area contributed by atoms with Gasteiger partial charge in [0.1, 0.15) is 5.75 Å². The Bertz CT molecular complexity index is 1160. The SMILES string of the molecule is COc1ccc(S(C)(=O)=O)cc1-c1cncc(C(CC(=O)O)c2nnc(C)o2)c1. The monoisotopic (exact) mass is 417 g/mol. The highest BCUT2D eigenvalue weighted by Crippen LogP contribution is 2.35. The molecule has 2 aromatic heterocycles. The Morgan fingerprint density at radius 2 is 2.00 bits per heavy atom. The summed E-state index contributed by atoms with van der Waals surface area (Å²) in [6, 6.07) is 6.24. The maximum atomic E-state index is 12.0. The third-order valence-corrected chi connectivity index (χ3v) is 5.40. The summed E-state index contributed by atoms with van der Waals surface area (Å²) in [6.07, 6.45) is 3.91. The highest BCUT2D eigenvalue weighted by Gasteiger charge is 2.25. The van der Waals surface area contributed by atoms with E-state index in [1.807, 2.05) is 0 Å². The second kappa shape index (κ2) is 8.00. The van der Waals surface area contributed by atoms with E-state index in [1.165, 1.54) is 25.4 Å². The molecule has 1 aromatic carbocycles. The van der Waals surface area contributed by atoms with Gasteiger partial charge in [0.15, 0.2) is 9.84 Å². The maximum absolute atomic E-state index is 12.0. The van der Waals surface area contributed by atoms with E-state index in [4.69, 9.17) is 9.15 Å². The van der Waals surface area contributed by atoms with Crippen molar-refractivity contribution in [2.75, 3.05) is 13.4 Å². The van der Waals surface area contributed by atoms with Crippen LogP contribution in [0.3, 0.4) is 0 Å². The topological polar surface area (TPSA) is 132 Å². The van der Waals surface area contributed by atoms with Crippen LogP contribution in [0, 0.1) is 6.92 Å². The molecule has 0 aliphatic rings. The summed E-state index contributed by atoms with van der Waals surface area (Å²) in [5.74, 6) is -0.791. The van der Waals surface area contributed by atoms with Gasteiger partial charge in [0.25, 0.3) is 0 Å². The number of aliphatic carboxylic acids is 1. The number of methoxy groups -OCH3 is 1. The van der Waals surface area contributed by atoms with Crippen LogP contribution in [0.25, 0.3) is 11.1 Å². The molecule has 0 aliphatic heterocycles. The predicted molar refractivity (Wildman–Crippen MR) is 102 cm³/mol. The molecule has 1 unspecified atom stereocenters. The fraction of sp³-hybridized carbons (Fsp3) is 0.263. The lowest BCUT2D eigenvalue weighted by molar-refractivity contribution is -0.137. The highest BCUT2D eigenvalue weighted by atomic mass is 32.2. The highest BCUT2D eigenvalue weighted by molar-refractivity contribution is 7.90. The molecule has 0 saturated heterocycles. The Hall–Kier alpha value is -3.27. The van der Waals surface area contributed by atoms with Gasteiger partial charge in [-0.05, 0) is 29.8 Å². The summed E-state index contributed by atoms with van der Waals surface area (Å²) in [5, 5.41) is 17.0. The molecule has 1 atom stereocenters. The Labute approximate surface area is 167 Å². The van der Waals surface area contributed by atoms with Crippen molar-refractivity contribution in [2.24, 2.45) is 0 Å². The number of rotatable bonds is 7. The van der Waals surface area contributed by atoms with Crippen LogP contribution in [0.4, 0.5) is 0 Å². The molecule has 10 heteroatoms. The summed E-state index contributed by atoms with van der Waals surface area (Å²) in [6.45, 7) is 1.62. The van der Waals surface area contributed by atoms with Crippen LogP contribution in [0.2, 0.25) is 0 Å². The van der Waals surface area contributed by atoms with E-state index < -0.39 is 21.7 Å². The minimum atomic E-state index is -3.43. The standard InChI is InChI=1S/C19H19N3O6S/c1-11-21-22-19(28-11)16(8-18(23)24)13-6-12(9-20-10-13)15-7-14(29(3,25)26)4-5-17(15)27-2/h4-7,9-10,16H,8H2,1-3H3,(H,23,24). The van der Waals surface area contributed by atoms with Crippen molar-refractivity contribution in [3.05, 3.63) is 54.0 Å². The first-order valence-corrected chi connectivity index (χ1v) is 10.4. The first kappa shape index (κ1) is 20.5. The predicted octanol–water partition coefficient (Wildman–Crippen LogP) is 2.46.